The molecule has 2 N–H and O–H groups in total. The molecular formula is C5H10BrNO3. The van der Waals surface area contributed by atoms with Crippen LogP contribution in [0.15, 0.2) is 0 Å². The Morgan fingerprint density at radius 1 is 1.90 bits per heavy atom. The number of carbonyl (C=O) groups excluding carboxylic acids is 1. The summed E-state index contributed by atoms with van der Waals surface area (Å²) in [6.45, 7) is -0.0433. The number of methoxy groups -OCH3 is 1. The summed E-state index contributed by atoms with van der Waals surface area (Å²) < 4.78 is 6.94. The summed E-state index contributed by atoms with van der Waals surface area (Å²) in [6, 6.07) is -0.463. The second-order valence-electron chi connectivity index (χ2n) is 1.70. The molecule has 0 aromatic rings. The molecule has 0 spiro atoms. The average molecular weight is 212 g/mol. The maximum atomic E-state index is 10.7. The molecule has 0 aromatic carbocycles. The summed E-state index contributed by atoms with van der Waals surface area (Å²) in [5.74, 6) is -0.383. The van der Waals surface area contributed by atoms with Crippen molar-refractivity contribution in [2.45, 2.75) is 12.5 Å². The maximum absolute atomic E-state index is 10.7. The van der Waals surface area contributed by atoms with Gasteiger partial charge in [0.2, 0.25) is 0 Å². The van der Waals surface area contributed by atoms with E-state index in [1.165, 1.54) is 7.11 Å². The smallest absolute Gasteiger partial charge is 0.323 e. The summed E-state index contributed by atoms with van der Waals surface area (Å²) in [5, 5.41) is 8.44. The number of aliphatic hydroxyl groups is 1. The van der Waals surface area contributed by atoms with Crippen molar-refractivity contribution in [3.63, 3.8) is 0 Å². The molecule has 0 aliphatic carbocycles. The SMILES string of the molecule is COC(=O)[C@H](CCO)NBr. The molecule has 0 aliphatic rings. The first-order valence-electron chi connectivity index (χ1n) is 2.81. The molecular weight excluding hydrogens is 202 g/mol. The Hall–Kier alpha value is -0.130. The summed E-state index contributed by atoms with van der Waals surface area (Å²) in [6.07, 6.45) is 0.345. The van der Waals surface area contributed by atoms with E-state index in [4.69, 9.17) is 5.11 Å². The Labute approximate surface area is 67.9 Å². The number of carbonyl (C=O) groups is 1. The molecule has 0 radical (unpaired) electrons. The Bertz CT molecular complexity index is 109. The van der Waals surface area contributed by atoms with Crippen molar-refractivity contribution in [1.82, 2.24) is 4.34 Å². The Morgan fingerprint density at radius 3 is 2.80 bits per heavy atom. The highest BCUT2D eigenvalue weighted by Gasteiger charge is 2.15. The summed E-state index contributed by atoms with van der Waals surface area (Å²) in [4.78, 5) is 10.7. The molecule has 0 saturated heterocycles. The molecule has 0 aliphatic heterocycles. The van der Waals surface area contributed by atoms with Crippen molar-refractivity contribution < 1.29 is 14.6 Å². The van der Waals surface area contributed by atoms with Crippen molar-refractivity contribution in [2.75, 3.05) is 13.7 Å². The highest BCUT2D eigenvalue weighted by Crippen LogP contribution is 1.95. The van der Waals surface area contributed by atoms with Crippen LogP contribution >= 0.6 is 16.1 Å². The van der Waals surface area contributed by atoms with Gasteiger partial charge >= 0.3 is 5.97 Å². The molecule has 60 valence electrons. The van der Waals surface area contributed by atoms with Gasteiger partial charge in [0.15, 0.2) is 0 Å². The molecule has 10 heavy (non-hydrogen) atoms. The molecule has 0 unspecified atom stereocenters. The van der Waals surface area contributed by atoms with Crippen LogP contribution in [0.1, 0.15) is 6.42 Å². The maximum Gasteiger partial charge on any atom is 0.323 e. The molecule has 0 bridgehead atoms. The molecule has 0 fully saturated rings. The minimum absolute atomic E-state index is 0.0433. The molecule has 5 heteroatoms. The third kappa shape index (κ3) is 3.14. The van der Waals surface area contributed by atoms with E-state index in [0.717, 1.165) is 0 Å². The quantitative estimate of drug-likeness (QED) is 0.501. The number of esters is 1. The van der Waals surface area contributed by atoms with Crippen LogP contribution in [0, 0.1) is 0 Å². The van der Waals surface area contributed by atoms with E-state index in [1.807, 2.05) is 0 Å². The summed E-state index contributed by atoms with van der Waals surface area (Å²) in [5.41, 5.74) is 0. The highest BCUT2D eigenvalue weighted by atomic mass is 79.9. The van der Waals surface area contributed by atoms with Gasteiger partial charge in [-0.25, -0.2) is 4.34 Å². The first-order valence-corrected chi connectivity index (χ1v) is 3.60. The summed E-state index contributed by atoms with van der Waals surface area (Å²) in [7, 11) is 1.30. The van der Waals surface area contributed by atoms with Gasteiger partial charge in [0, 0.05) is 22.8 Å². The zero-order valence-corrected chi connectivity index (χ0v) is 7.22. The Kier molecular flexibility index (Phi) is 5.57. The predicted molar refractivity (Wildman–Crippen MR) is 39.6 cm³/mol. The van der Waals surface area contributed by atoms with E-state index in [1.54, 1.807) is 0 Å². The fourth-order valence-corrected chi connectivity index (χ4v) is 0.904. The second-order valence-corrected chi connectivity index (χ2v) is 2.15. The topological polar surface area (TPSA) is 58.6 Å². The fourth-order valence-electron chi connectivity index (χ4n) is 0.488. The van der Waals surface area contributed by atoms with Crippen LogP contribution in [0.2, 0.25) is 0 Å². The van der Waals surface area contributed by atoms with E-state index in [2.05, 4.69) is 25.2 Å². The van der Waals surface area contributed by atoms with Gasteiger partial charge in [0.1, 0.15) is 6.04 Å². The van der Waals surface area contributed by atoms with Gasteiger partial charge in [-0.15, -0.1) is 0 Å². The van der Waals surface area contributed by atoms with Gasteiger partial charge < -0.3 is 9.84 Å². The number of hydrogen-bond donors (Lipinski definition) is 2. The molecule has 0 amide bonds. The van der Waals surface area contributed by atoms with Crippen LogP contribution in [-0.2, 0) is 9.53 Å². The van der Waals surface area contributed by atoms with Crippen LogP contribution in [0.25, 0.3) is 0 Å². The first-order chi connectivity index (χ1) is 4.76. The fraction of sp³-hybridized carbons (Fsp3) is 0.800. The third-order valence-electron chi connectivity index (χ3n) is 1.04. The van der Waals surface area contributed by atoms with E-state index in [0.29, 0.717) is 6.42 Å². The van der Waals surface area contributed by atoms with Crippen LogP contribution in [0.3, 0.4) is 0 Å². The zero-order valence-electron chi connectivity index (χ0n) is 5.63. The van der Waals surface area contributed by atoms with Crippen LogP contribution in [-0.4, -0.2) is 30.8 Å². The normalized spacial score (nSPS) is 12.7. The lowest BCUT2D eigenvalue weighted by Crippen LogP contribution is -2.32. The number of ether oxygens (including phenoxy) is 1. The van der Waals surface area contributed by atoms with E-state index < -0.39 is 6.04 Å². The number of aliphatic hydroxyl groups excluding tert-OH is 1. The van der Waals surface area contributed by atoms with Crippen LogP contribution in [0.5, 0.6) is 0 Å². The first kappa shape index (κ1) is 9.87. The van der Waals surface area contributed by atoms with Crippen molar-refractivity contribution in [2.24, 2.45) is 0 Å². The third-order valence-corrected chi connectivity index (χ3v) is 1.59. The van der Waals surface area contributed by atoms with Gasteiger partial charge in [-0.05, 0) is 6.42 Å². The number of hydrogen-bond acceptors (Lipinski definition) is 4. The van der Waals surface area contributed by atoms with Gasteiger partial charge in [-0.1, -0.05) is 0 Å². The highest BCUT2D eigenvalue weighted by molar-refractivity contribution is 9.08. The lowest BCUT2D eigenvalue weighted by Gasteiger charge is -2.09. The van der Waals surface area contributed by atoms with Crippen LogP contribution < -0.4 is 4.34 Å². The van der Waals surface area contributed by atoms with Gasteiger partial charge in [0.05, 0.1) is 7.11 Å². The van der Waals surface area contributed by atoms with Crippen molar-refractivity contribution in [1.29, 1.82) is 0 Å². The van der Waals surface area contributed by atoms with Crippen molar-refractivity contribution in [3.05, 3.63) is 0 Å². The van der Waals surface area contributed by atoms with E-state index in [9.17, 15) is 4.79 Å². The number of halogens is 1. The van der Waals surface area contributed by atoms with Crippen molar-refractivity contribution >= 4 is 22.1 Å². The Morgan fingerprint density at radius 2 is 2.50 bits per heavy atom. The minimum Gasteiger partial charge on any atom is -0.468 e. The van der Waals surface area contributed by atoms with Gasteiger partial charge in [-0.2, -0.15) is 0 Å². The number of rotatable bonds is 4. The standard InChI is InChI=1S/C5H10BrNO3/c1-10-5(9)4(7-6)2-3-8/h4,7-8H,2-3H2,1H3/t4-/m0/s1. The van der Waals surface area contributed by atoms with E-state index in [-0.39, 0.29) is 12.6 Å². The van der Waals surface area contributed by atoms with Crippen molar-refractivity contribution in [3.8, 4) is 0 Å². The molecule has 0 aromatic heterocycles. The Balaban J connectivity index is 3.68. The average Bonchev–Trinajstić information content (AvgIpc) is 1.99. The zero-order chi connectivity index (χ0) is 7.98. The lowest BCUT2D eigenvalue weighted by atomic mass is 10.2. The molecule has 0 rings (SSSR count). The monoisotopic (exact) mass is 211 g/mol. The lowest BCUT2D eigenvalue weighted by molar-refractivity contribution is -0.142. The summed E-state index contributed by atoms with van der Waals surface area (Å²) >= 11 is 2.90. The van der Waals surface area contributed by atoms with E-state index >= 15 is 0 Å². The second kappa shape index (κ2) is 5.64. The number of nitrogens with one attached hydrogen (secondary N) is 1. The van der Waals surface area contributed by atoms with Gasteiger partial charge in [0.25, 0.3) is 0 Å². The molecule has 4 nitrogen and oxygen atoms in total. The van der Waals surface area contributed by atoms with Gasteiger partial charge in [-0.3, -0.25) is 4.79 Å². The predicted octanol–water partition coefficient (Wildman–Crippen LogP) is -0.190. The van der Waals surface area contributed by atoms with Crippen LogP contribution in [0.4, 0.5) is 0 Å². The molecule has 1 atom stereocenters. The molecule has 0 saturated carbocycles. The minimum atomic E-state index is -0.463. The largest absolute Gasteiger partial charge is 0.468 e. The molecule has 0 heterocycles.